The molecule has 1 aliphatic heterocycles. The van der Waals surface area contributed by atoms with Crippen LogP contribution in [0.1, 0.15) is 16.9 Å². The molecule has 31 heavy (non-hydrogen) atoms. The number of benzene rings is 2. The predicted octanol–water partition coefficient (Wildman–Crippen LogP) is 4.89. The maximum Gasteiger partial charge on any atom is 0.276 e. The van der Waals surface area contributed by atoms with Gasteiger partial charge in [-0.05, 0) is 76.2 Å². The van der Waals surface area contributed by atoms with E-state index in [-0.39, 0.29) is 12.5 Å². The molecule has 158 valence electrons. The standard InChI is InChI=1S/C23H19BrN2O4S/c1-28-20-9-8-15(11-16(20)14-30-21-7-3-2-6-18(21)24)12-19-22(27)26(23(31)25-19)13-17-5-4-10-29-17/h2-12H,13-14H2,1H3,(H,25,31)/b19-12+. The Bertz CT molecular complexity index is 1140. The minimum atomic E-state index is -0.205. The first kappa shape index (κ1) is 21.1. The summed E-state index contributed by atoms with van der Waals surface area (Å²) in [4.78, 5) is 14.3. The number of carbonyl (C=O) groups is 1. The lowest BCUT2D eigenvalue weighted by atomic mass is 10.1. The van der Waals surface area contributed by atoms with Crippen LogP contribution in [0.5, 0.6) is 11.5 Å². The van der Waals surface area contributed by atoms with Gasteiger partial charge in [0.1, 0.15) is 29.6 Å². The van der Waals surface area contributed by atoms with Gasteiger partial charge < -0.3 is 19.2 Å². The number of methoxy groups -OCH3 is 1. The summed E-state index contributed by atoms with van der Waals surface area (Å²) < 4.78 is 17.6. The molecule has 0 radical (unpaired) electrons. The second-order valence-corrected chi connectivity index (χ2v) is 7.99. The highest BCUT2D eigenvalue weighted by Crippen LogP contribution is 2.28. The fourth-order valence-electron chi connectivity index (χ4n) is 3.16. The third-order valence-electron chi connectivity index (χ3n) is 4.69. The van der Waals surface area contributed by atoms with Crippen LogP contribution in [0.4, 0.5) is 0 Å². The van der Waals surface area contributed by atoms with Crippen LogP contribution >= 0.6 is 28.1 Å². The highest BCUT2D eigenvalue weighted by Gasteiger charge is 2.31. The second-order valence-electron chi connectivity index (χ2n) is 6.75. The third kappa shape index (κ3) is 4.81. The van der Waals surface area contributed by atoms with Crippen LogP contribution in [0.25, 0.3) is 6.08 Å². The zero-order chi connectivity index (χ0) is 21.8. The summed E-state index contributed by atoms with van der Waals surface area (Å²) in [7, 11) is 1.61. The van der Waals surface area contributed by atoms with Crippen LogP contribution in [0.15, 0.2) is 75.4 Å². The quantitative estimate of drug-likeness (QED) is 0.369. The molecule has 2 heterocycles. The largest absolute Gasteiger partial charge is 0.496 e. The smallest absolute Gasteiger partial charge is 0.276 e. The van der Waals surface area contributed by atoms with Crippen molar-refractivity contribution in [1.82, 2.24) is 10.2 Å². The summed E-state index contributed by atoms with van der Waals surface area (Å²) in [6, 6.07) is 16.9. The van der Waals surface area contributed by atoms with E-state index in [1.54, 1.807) is 31.6 Å². The molecule has 1 N–H and O–H groups in total. The van der Waals surface area contributed by atoms with E-state index in [1.807, 2.05) is 42.5 Å². The lowest BCUT2D eigenvalue weighted by Gasteiger charge is -2.12. The lowest BCUT2D eigenvalue weighted by Crippen LogP contribution is -2.29. The average Bonchev–Trinajstić information content (AvgIpc) is 3.37. The summed E-state index contributed by atoms with van der Waals surface area (Å²) >= 11 is 8.81. The highest BCUT2D eigenvalue weighted by atomic mass is 79.9. The Hall–Kier alpha value is -3.10. The van der Waals surface area contributed by atoms with Gasteiger partial charge in [0.15, 0.2) is 5.11 Å². The Morgan fingerprint density at radius 1 is 1.16 bits per heavy atom. The Morgan fingerprint density at radius 3 is 2.74 bits per heavy atom. The van der Waals surface area contributed by atoms with Gasteiger partial charge in [-0.2, -0.15) is 0 Å². The van der Waals surface area contributed by atoms with E-state index in [1.165, 1.54) is 4.90 Å². The Kier molecular flexibility index (Phi) is 6.39. The molecule has 1 fully saturated rings. The predicted molar refractivity (Wildman–Crippen MR) is 124 cm³/mol. The van der Waals surface area contributed by atoms with E-state index in [9.17, 15) is 4.79 Å². The topological polar surface area (TPSA) is 63.9 Å². The zero-order valence-electron chi connectivity index (χ0n) is 16.6. The van der Waals surface area contributed by atoms with Gasteiger partial charge in [0.05, 0.1) is 24.4 Å². The summed E-state index contributed by atoms with van der Waals surface area (Å²) in [5.74, 6) is 1.90. The fraction of sp³-hybridized carbons (Fsp3) is 0.130. The molecule has 0 bridgehead atoms. The molecule has 3 aromatic rings. The monoisotopic (exact) mass is 498 g/mol. The van der Waals surface area contributed by atoms with E-state index < -0.39 is 0 Å². The first-order valence-corrected chi connectivity index (χ1v) is 10.7. The SMILES string of the molecule is COc1ccc(/C=C2/NC(=S)N(Cc3ccco3)C2=O)cc1COc1ccccc1Br. The number of amides is 1. The molecule has 1 aromatic heterocycles. The number of nitrogens with one attached hydrogen (secondary N) is 1. The minimum Gasteiger partial charge on any atom is -0.496 e. The number of carbonyl (C=O) groups excluding carboxylic acids is 1. The molecular weight excluding hydrogens is 480 g/mol. The van der Waals surface area contributed by atoms with E-state index >= 15 is 0 Å². The van der Waals surface area contributed by atoms with Crippen LogP contribution < -0.4 is 14.8 Å². The molecule has 2 aromatic carbocycles. The molecule has 0 saturated carbocycles. The molecule has 1 amide bonds. The molecule has 1 aliphatic rings. The molecular formula is C23H19BrN2O4S. The van der Waals surface area contributed by atoms with Crippen LogP contribution in [-0.2, 0) is 17.9 Å². The molecule has 8 heteroatoms. The number of furan rings is 1. The highest BCUT2D eigenvalue weighted by molar-refractivity contribution is 9.10. The van der Waals surface area contributed by atoms with Gasteiger partial charge in [0.25, 0.3) is 5.91 Å². The fourth-order valence-corrected chi connectivity index (χ4v) is 3.82. The Morgan fingerprint density at radius 2 is 2.00 bits per heavy atom. The van der Waals surface area contributed by atoms with Crippen molar-refractivity contribution in [3.8, 4) is 11.5 Å². The number of nitrogens with zero attached hydrogens (tertiary/aromatic N) is 1. The average molecular weight is 499 g/mol. The number of rotatable bonds is 7. The molecule has 6 nitrogen and oxygen atoms in total. The molecule has 4 rings (SSSR count). The number of ether oxygens (including phenoxy) is 2. The molecule has 0 spiro atoms. The number of halogens is 1. The van der Waals surface area contributed by atoms with Gasteiger partial charge in [-0.25, -0.2) is 0 Å². The summed E-state index contributed by atoms with van der Waals surface area (Å²) in [5.41, 5.74) is 2.08. The van der Waals surface area contributed by atoms with Gasteiger partial charge in [-0.1, -0.05) is 18.2 Å². The first-order valence-electron chi connectivity index (χ1n) is 9.46. The van der Waals surface area contributed by atoms with Crippen LogP contribution in [0, 0.1) is 0 Å². The lowest BCUT2D eigenvalue weighted by molar-refractivity contribution is -0.122. The summed E-state index contributed by atoms with van der Waals surface area (Å²) in [6.45, 7) is 0.593. The van der Waals surface area contributed by atoms with Crippen molar-refractivity contribution in [2.75, 3.05) is 7.11 Å². The van der Waals surface area contributed by atoms with Crippen LogP contribution in [-0.4, -0.2) is 23.0 Å². The number of hydrogen-bond donors (Lipinski definition) is 1. The molecule has 1 saturated heterocycles. The van der Waals surface area contributed by atoms with Gasteiger partial charge >= 0.3 is 0 Å². The first-order chi connectivity index (χ1) is 15.0. The third-order valence-corrected chi connectivity index (χ3v) is 5.67. The number of hydrogen-bond acceptors (Lipinski definition) is 5. The van der Waals surface area contributed by atoms with E-state index in [2.05, 4.69) is 21.2 Å². The van der Waals surface area contributed by atoms with Crippen molar-refractivity contribution in [2.45, 2.75) is 13.2 Å². The maximum absolute atomic E-state index is 12.8. The van der Waals surface area contributed by atoms with Crippen LogP contribution in [0.2, 0.25) is 0 Å². The van der Waals surface area contributed by atoms with Crippen molar-refractivity contribution in [3.05, 3.63) is 87.9 Å². The summed E-state index contributed by atoms with van der Waals surface area (Å²) in [6.07, 6.45) is 3.33. The van der Waals surface area contributed by atoms with Gasteiger partial charge in [-0.15, -0.1) is 0 Å². The van der Waals surface area contributed by atoms with Crippen molar-refractivity contribution < 1.29 is 18.7 Å². The van der Waals surface area contributed by atoms with Crippen molar-refractivity contribution in [3.63, 3.8) is 0 Å². The van der Waals surface area contributed by atoms with Gasteiger partial charge in [0, 0.05) is 5.56 Å². The zero-order valence-corrected chi connectivity index (χ0v) is 19.0. The molecule has 0 atom stereocenters. The van der Waals surface area contributed by atoms with Gasteiger partial charge in [0.2, 0.25) is 0 Å². The van der Waals surface area contributed by atoms with E-state index in [4.69, 9.17) is 26.1 Å². The normalized spacial score (nSPS) is 14.8. The van der Waals surface area contributed by atoms with Crippen molar-refractivity contribution >= 4 is 45.2 Å². The Labute approximate surface area is 193 Å². The van der Waals surface area contributed by atoms with Crippen molar-refractivity contribution in [2.24, 2.45) is 0 Å². The maximum atomic E-state index is 12.8. The minimum absolute atomic E-state index is 0.205. The number of para-hydroxylation sites is 1. The van der Waals surface area contributed by atoms with Gasteiger partial charge in [-0.3, -0.25) is 9.69 Å². The number of thiocarbonyl (C=S) groups is 1. The molecule has 0 unspecified atom stereocenters. The van der Waals surface area contributed by atoms with Crippen LogP contribution in [0.3, 0.4) is 0 Å². The van der Waals surface area contributed by atoms with E-state index in [0.29, 0.717) is 28.9 Å². The second kappa shape index (κ2) is 9.36. The van der Waals surface area contributed by atoms with E-state index in [0.717, 1.165) is 21.3 Å². The molecule has 0 aliphatic carbocycles. The Balaban J connectivity index is 1.53. The van der Waals surface area contributed by atoms with Crippen molar-refractivity contribution in [1.29, 1.82) is 0 Å². The summed E-state index contributed by atoms with van der Waals surface area (Å²) in [5, 5.41) is 3.33.